The highest BCUT2D eigenvalue weighted by Gasteiger charge is 2.28. The molecule has 1 aromatic carbocycles. The van der Waals surface area contributed by atoms with E-state index in [9.17, 15) is 4.79 Å². The zero-order valence-corrected chi connectivity index (χ0v) is 14.9. The normalized spacial score (nSPS) is 22.7. The maximum atomic E-state index is 12.4. The molecule has 0 spiro atoms. The van der Waals surface area contributed by atoms with Gasteiger partial charge in [0, 0.05) is 25.3 Å². The number of hydrogen-bond acceptors (Lipinski definition) is 5. The summed E-state index contributed by atoms with van der Waals surface area (Å²) in [4.78, 5) is 18.8. The number of carbonyl (C=O) groups excluding carboxylic acids is 1. The molecule has 3 heterocycles. The summed E-state index contributed by atoms with van der Waals surface area (Å²) in [6.07, 6.45) is 2.53. The van der Waals surface area contributed by atoms with Crippen LogP contribution in [0.25, 0.3) is 0 Å². The largest absolute Gasteiger partial charge is 0.486 e. The lowest BCUT2D eigenvalue weighted by Crippen LogP contribution is -2.49. The Bertz CT molecular complexity index is 781. The van der Waals surface area contributed by atoms with E-state index >= 15 is 0 Å². The van der Waals surface area contributed by atoms with Gasteiger partial charge in [-0.1, -0.05) is 12.1 Å². The first kappa shape index (κ1) is 16.8. The van der Waals surface area contributed by atoms with Gasteiger partial charge in [-0.25, -0.2) is 0 Å². The number of pyridine rings is 1. The number of fused-ring (bicyclic) bond motifs is 1. The zero-order chi connectivity index (χ0) is 17.9. The van der Waals surface area contributed by atoms with Crippen molar-refractivity contribution in [2.75, 3.05) is 33.4 Å². The van der Waals surface area contributed by atoms with Gasteiger partial charge in [0.1, 0.15) is 18.9 Å². The first-order chi connectivity index (χ1) is 12.7. The molecule has 0 unspecified atom stereocenters. The fraction of sp³-hybridized carbons (Fsp3) is 0.400. The lowest BCUT2D eigenvalue weighted by atomic mass is 9.88. The Hall–Kier alpha value is -2.60. The SMILES string of the molecule is CN1C[C@H](NC(=O)c2ccccn2)C[C@H](c2ccc3c(c2)OCCO3)C1. The Labute approximate surface area is 153 Å². The van der Waals surface area contributed by atoms with Gasteiger partial charge < -0.3 is 19.7 Å². The molecule has 1 fully saturated rings. The Balaban J connectivity index is 1.47. The van der Waals surface area contributed by atoms with Gasteiger partial charge in [-0.05, 0) is 49.2 Å². The van der Waals surface area contributed by atoms with Gasteiger partial charge in [0.05, 0.1) is 0 Å². The molecule has 1 amide bonds. The van der Waals surface area contributed by atoms with E-state index in [0.717, 1.165) is 31.0 Å². The van der Waals surface area contributed by atoms with Crippen molar-refractivity contribution >= 4 is 5.91 Å². The van der Waals surface area contributed by atoms with Crippen molar-refractivity contribution in [3.8, 4) is 11.5 Å². The van der Waals surface area contributed by atoms with Gasteiger partial charge >= 0.3 is 0 Å². The summed E-state index contributed by atoms with van der Waals surface area (Å²) in [7, 11) is 2.09. The summed E-state index contributed by atoms with van der Waals surface area (Å²) in [5.74, 6) is 1.84. The molecular weight excluding hydrogens is 330 g/mol. The summed E-state index contributed by atoms with van der Waals surface area (Å²) in [6, 6.07) is 11.6. The van der Waals surface area contributed by atoms with E-state index in [1.165, 1.54) is 5.56 Å². The molecule has 0 bridgehead atoms. The van der Waals surface area contributed by atoms with E-state index in [1.807, 2.05) is 18.2 Å². The first-order valence-electron chi connectivity index (χ1n) is 8.99. The third-order valence-corrected chi connectivity index (χ3v) is 4.90. The van der Waals surface area contributed by atoms with Gasteiger partial charge in [-0.3, -0.25) is 9.78 Å². The molecule has 6 heteroatoms. The first-order valence-corrected chi connectivity index (χ1v) is 8.99. The van der Waals surface area contributed by atoms with E-state index in [0.29, 0.717) is 24.8 Å². The van der Waals surface area contributed by atoms with E-state index < -0.39 is 0 Å². The number of benzene rings is 1. The van der Waals surface area contributed by atoms with Crippen LogP contribution in [0.4, 0.5) is 0 Å². The predicted molar refractivity (Wildman–Crippen MR) is 97.8 cm³/mol. The van der Waals surface area contributed by atoms with Crippen LogP contribution in [0.2, 0.25) is 0 Å². The van der Waals surface area contributed by atoms with Crippen molar-refractivity contribution in [3.05, 3.63) is 53.9 Å². The van der Waals surface area contributed by atoms with Crippen LogP contribution in [0.1, 0.15) is 28.4 Å². The third-order valence-electron chi connectivity index (χ3n) is 4.90. The van der Waals surface area contributed by atoms with Crippen molar-refractivity contribution < 1.29 is 14.3 Å². The molecule has 1 saturated heterocycles. The Kier molecular flexibility index (Phi) is 4.75. The van der Waals surface area contributed by atoms with Crippen LogP contribution in [-0.4, -0.2) is 55.2 Å². The van der Waals surface area contributed by atoms with Gasteiger partial charge in [0.15, 0.2) is 11.5 Å². The third kappa shape index (κ3) is 3.65. The summed E-state index contributed by atoms with van der Waals surface area (Å²) in [5.41, 5.74) is 1.68. The van der Waals surface area contributed by atoms with Crippen LogP contribution >= 0.6 is 0 Å². The topological polar surface area (TPSA) is 63.7 Å². The molecule has 4 rings (SSSR count). The summed E-state index contributed by atoms with van der Waals surface area (Å²) in [5, 5.41) is 3.13. The lowest BCUT2D eigenvalue weighted by Gasteiger charge is -2.36. The van der Waals surface area contributed by atoms with Crippen LogP contribution in [0, 0.1) is 0 Å². The van der Waals surface area contributed by atoms with Crippen molar-refractivity contribution in [2.45, 2.75) is 18.4 Å². The number of nitrogens with one attached hydrogen (secondary N) is 1. The van der Waals surface area contributed by atoms with Crippen LogP contribution in [0.15, 0.2) is 42.6 Å². The zero-order valence-electron chi connectivity index (χ0n) is 14.9. The minimum absolute atomic E-state index is 0.0847. The molecule has 6 nitrogen and oxygen atoms in total. The second-order valence-corrected chi connectivity index (χ2v) is 6.94. The predicted octanol–water partition coefficient (Wildman–Crippen LogP) is 2.07. The number of aromatic nitrogens is 1. The van der Waals surface area contributed by atoms with Gasteiger partial charge in [-0.15, -0.1) is 0 Å². The lowest BCUT2D eigenvalue weighted by molar-refractivity contribution is 0.0900. The van der Waals surface area contributed by atoms with Crippen molar-refractivity contribution in [3.63, 3.8) is 0 Å². The number of nitrogens with zero attached hydrogens (tertiary/aromatic N) is 2. The molecule has 2 aliphatic heterocycles. The molecule has 2 aromatic rings. The quantitative estimate of drug-likeness (QED) is 0.915. The number of amides is 1. The average molecular weight is 353 g/mol. The molecule has 2 aliphatic rings. The summed E-state index contributed by atoms with van der Waals surface area (Å²) in [6.45, 7) is 2.97. The van der Waals surface area contributed by atoms with Gasteiger partial charge in [-0.2, -0.15) is 0 Å². The second kappa shape index (κ2) is 7.33. The van der Waals surface area contributed by atoms with Crippen LogP contribution in [0.5, 0.6) is 11.5 Å². The maximum absolute atomic E-state index is 12.4. The van der Waals surface area contributed by atoms with E-state index in [4.69, 9.17) is 9.47 Å². The fourth-order valence-electron chi connectivity index (χ4n) is 3.74. The average Bonchev–Trinajstić information content (AvgIpc) is 2.68. The van der Waals surface area contributed by atoms with Crippen molar-refractivity contribution in [1.29, 1.82) is 0 Å². The number of piperidine rings is 1. The van der Waals surface area contributed by atoms with Crippen molar-refractivity contribution in [2.24, 2.45) is 0 Å². The Morgan fingerprint density at radius 1 is 1.15 bits per heavy atom. The molecule has 0 aliphatic carbocycles. The monoisotopic (exact) mass is 353 g/mol. The molecule has 1 aromatic heterocycles. The molecule has 2 atom stereocenters. The minimum atomic E-state index is -0.119. The van der Waals surface area contributed by atoms with Crippen LogP contribution in [0.3, 0.4) is 0 Å². The summed E-state index contributed by atoms with van der Waals surface area (Å²) >= 11 is 0. The second-order valence-electron chi connectivity index (χ2n) is 6.94. The van der Waals surface area contributed by atoms with Crippen molar-refractivity contribution in [1.82, 2.24) is 15.2 Å². The van der Waals surface area contributed by atoms with E-state index in [-0.39, 0.29) is 11.9 Å². The number of likely N-dealkylation sites (tertiary alicyclic amines) is 1. The highest BCUT2D eigenvalue weighted by atomic mass is 16.6. The Morgan fingerprint density at radius 2 is 2.00 bits per heavy atom. The standard InChI is InChI=1S/C20H23N3O3/c1-23-12-15(14-5-6-18-19(11-14)26-9-8-25-18)10-16(13-23)22-20(24)17-4-2-3-7-21-17/h2-7,11,15-16H,8-10,12-13H2,1H3,(H,22,24)/t15-,16+/m0/s1. The highest BCUT2D eigenvalue weighted by molar-refractivity contribution is 5.92. The number of rotatable bonds is 3. The number of hydrogen-bond donors (Lipinski definition) is 1. The number of likely N-dealkylation sites (N-methyl/N-ethyl adjacent to an activating group) is 1. The molecule has 136 valence electrons. The van der Waals surface area contributed by atoms with Gasteiger partial charge in [0.25, 0.3) is 5.91 Å². The van der Waals surface area contributed by atoms with Gasteiger partial charge in [0.2, 0.25) is 0 Å². The molecule has 0 radical (unpaired) electrons. The molecule has 26 heavy (non-hydrogen) atoms. The van der Waals surface area contributed by atoms with E-state index in [2.05, 4.69) is 34.4 Å². The fourth-order valence-corrected chi connectivity index (χ4v) is 3.74. The number of ether oxygens (including phenoxy) is 2. The van der Waals surface area contributed by atoms with Crippen LogP contribution < -0.4 is 14.8 Å². The highest BCUT2D eigenvalue weighted by Crippen LogP contribution is 2.35. The molecule has 1 N–H and O–H groups in total. The van der Waals surface area contributed by atoms with E-state index in [1.54, 1.807) is 12.3 Å². The Morgan fingerprint density at radius 3 is 2.81 bits per heavy atom. The summed E-state index contributed by atoms with van der Waals surface area (Å²) < 4.78 is 11.3. The maximum Gasteiger partial charge on any atom is 0.270 e. The molecule has 0 saturated carbocycles. The van der Waals surface area contributed by atoms with Crippen LogP contribution in [-0.2, 0) is 0 Å². The minimum Gasteiger partial charge on any atom is -0.486 e. The molecular formula is C20H23N3O3. The smallest absolute Gasteiger partial charge is 0.270 e. The number of carbonyl (C=O) groups is 1.